The number of hydrogen-bond donors (Lipinski definition) is 1. The van der Waals surface area contributed by atoms with E-state index in [0.717, 1.165) is 25.8 Å². The second kappa shape index (κ2) is 6.70. The molecule has 2 aliphatic heterocycles. The van der Waals surface area contributed by atoms with Crippen molar-refractivity contribution in [3.05, 3.63) is 22.7 Å². The molecule has 7 nitrogen and oxygen atoms in total. The molecule has 2 saturated heterocycles. The summed E-state index contributed by atoms with van der Waals surface area (Å²) >= 11 is 0. The summed E-state index contributed by atoms with van der Waals surface area (Å²) in [5.41, 5.74) is -0.0997. The van der Waals surface area contributed by atoms with Crippen molar-refractivity contribution in [2.45, 2.75) is 38.3 Å². The number of rotatable bonds is 3. The van der Waals surface area contributed by atoms with Gasteiger partial charge in [0, 0.05) is 45.2 Å². The predicted octanol–water partition coefficient (Wildman–Crippen LogP) is 0.290. The molecule has 2 aliphatic rings. The van der Waals surface area contributed by atoms with Crippen LogP contribution in [0.4, 0.5) is 5.82 Å². The third-order valence-corrected chi connectivity index (χ3v) is 4.78. The molecule has 3 rings (SSSR count). The molecule has 2 fully saturated rings. The van der Waals surface area contributed by atoms with Gasteiger partial charge in [0.2, 0.25) is 5.91 Å². The normalized spacial score (nSPS) is 27.9. The van der Waals surface area contributed by atoms with Crippen LogP contribution in [0, 0.1) is 5.92 Å². The summed E-state index contributed by atoms with van der Waals surface area (Å²) in [6.45, 7) is 4.02. The van der Waals surface area contributed by atoms with E-state index in [1.807, 2.05) is 11.8 Å². The van der Waals surface area contributed by atoms with Crippen LogP contribution < -0.4 is 15.8 Å². The smallest absolute Gasteiger partial charge is 0.293 e. The molecule has 1 aromatic heterocycles. The molecule has 0 saturated carbocycles. The maximum Gasteiger partial charge on any atom is 0.293 e. The molecule has 7 heteroatoms. The van der Waals surface area contributed by atoms with Crippen molar-refractivity contribution in [2.24, 2.45) is 13.0 Å². The number of aryl methyl sites for hydroxylation is 1. The number of piperidine rings is 1. The lowest BCUT2D eigenvalue weighted by Gasteiger charge is -2.34. The molecule has 0 unspecified atom stereocenters. The Morgan fingerprint density at radius 3 is 3.00 bits per heavy atom. The van der Waals surface area contributed by atoms with E-state index >= 15 is 0 Å². The quantitative estimate of drug-likeness (QED) is 0.866. The Labute approximate surface area is 135 Å². The fourth-order valence-electron chi connectivity index (χ4n) is 3.37. The second-order valence-electron chi connectivity index (χ2n) is 6.43. The van der Waals surface area contributed by atoms with Crippen LogP contribution in [-0.4, -0.2) is 47.3 Å². The van der Waals surface area contributed by atoms with Gasteiger partial charge in [0.05, 0.1) is 12.0 Å². The average molecular weight is 320 g/mol. The van der Waals surface area contributed by atoms with Crippen molar-refractivity contribution in [3.63, 3.8) is 0 Å². The van der Waals surface area contributed by atoms with Crippen molar-refractivity contribution in [1.82, 2.24) is 14.9 Å². The van der Waals surface area contributed by atoms with E-state index in [2.05, 4.69) is 10.3 Å². The molecule has 1 amide bonds. The second-order valence-corrected chi connectivity index (χ2v) is 6.43. The minimum atomic E-state index is -0.0997. The molecule has 1 N–H and O–H groups in total. The number of aromatic nitrogens is 2. The van der Waals surface area contributed by atoms with E-state index in [0.29, 0.717) is 19.0 Å². The van der Waals surface area contributed by atoms with Crippen LogP contribution in [0.2, 0.25) is 0 Å². The standard InChI is InChI=1S/C16H24N4O3/c1-11-13(5-9-23-11)15(21)18-12-4-3-7-20(10-12)14-16(22)19(2)8-6-17-14/h6,8,11-13H,3-5,7,9-10H2,1-2H3,(H,18,21)/t11-,12-,13+/m0/s1. The first kappa shape index (κ1) is 16.0. The van der Waals surface area contributed by atoms with E-state index in [4.69, 9.17) is 4.74 Å². The first-order chi connectivity index (χ1) is 11.1. The molecule has 0 radical (unpaired) electrons. The van der Waals surface area contributed by atoms with Gasteiger partial charge in [0.1, 0.15) is 0 Å². The minimum Gasteiger partial charge on any atom is -0.378 e. The van der Waals surface area contributed by atoms with Crippen LogP contribution in [-0.2, 0) is 16.6 Å². The molecular formula is C16H24N4O3. The van der Waals surface area contributed by atoms with Crippen LogP contribution in [0.15, 0.2) is 17.2 Å². The van der Waals surface area contributed by atoms with Crippen LogP contribution >= 0.6 is 0 Å². The van der Waals surface area contributed by atoms with Gasteiger partial charge in [-0.25, -0.2) is 4.98 Å². The molecule has 126 valence electrons. The summed E-state index contributed by atoms with van der Waals surface area (Å²) in [6, 6.07) is 0.0516. The van der Waals surface area contributed by atoms with E-state index < -0.39 is 0 Å². The molecule has 3 heterocycles. The molecule has 0 aromatic carbocycles. The maximum absolute atomic E-state index is 12.4. The Morgan fingerprint density at radius 1 is 1.43 bits per heavy atom. The molecule has 1 aromatic rings. The summed E-state index contributed by atoms with van der Waals surface area (Å²) in [6.07, 6.45) is 5.91. The van der Waals surface area contributed by atoms with Crippen LogP contribution in [0.5, 0.6) is 0 Å². The average Bonchev–Trinajstić information content (AvgIpc) is 2.96. The highest BCUT2D eigenvalue weighted by Crippen LogP contribution is 2.21. The van der Waals surface area contributed by atoms with Gasteiger partial charge in [-0.15, -0.1) is 0 Å². The van der Waals surface area contributed by atoms with Gasteiger partial charge in [-0.1, -0.05) is 0 Å². The number of nitrogens with zero attached hydrogens (tertiary/aromatic N) is 3. The number of nitrogens with one attached hydrogen (secondary N) is 1. The predicted molar refractivity (Wildman–Crippen MR) is 86.4 cm³/mol. The zero-order valence-electron chi connectivity index (χ0n) is 13.7. The topological polar surface area (TPSA) is 76.5 Å². The highest BCUT2D eigenvalue weighted by molar-refractivity contribution is 5.79. The zero-order valence-corrected chi connectivity index (χ0v) is 13.7. The third kappa shape index (κ3) is 3.39. The summed E-state index contributed by atoms with van der Waals surface area (Å²) in [5.74, 6) is 0.468. The number of carbonyl (C=O) groups excluding carboxylic acids is 1. The van der Waals surface area contributed by atoms with Gasteiger partial charge in [-0.3, -0.25) is 9.59 Å². The van der Waals surface area contributed by atoms with Gasteiger partial charge >= 0.3 is 0 Å². The Morgan fingerprint density at radius 2 is 2.26 bits per heavy atom. The number of carbonyl (C=O) groups is 1. The molecule has 0 spiro atoms. The van der Waals surface area contributed by atoms with Crippen molar-refractivity contribution in [1.29, 1.82) is 0 Å². The van der Waals surface area contributed by atoms with Gasteiger partial charge < -0.3 is 19.5 Å². The van der Waals surface area contributed by atoms with E-state index in [1.54, 1.807) is 19.4 Å². The number of amides is 1. The van der Waals surface area contributed by atoms with Crippen LogP contribution in [0.3, 0.4) is 0 Å². The largest absolute Gasteiger partial charge is 0.378 e. The van der Waals surface area contributed by atoms with E-state index in [-0.39, 0.29) is 29.5 Å². The Kier molecular flexibility index (Phi) is 4.66. The summed E-state index contributed by atoms with van der Waals surface area (Å²) in [4.78, 5) is 30.8. The first-order valence-corrected chi connectivity index (χ1v) is 8.25. The Balaban J connectivity index is 1.65. The highest BCUT2D eigenvalue weighted by Gasteiger charge is 2.33. The van der Waals surface area contributed by atoms with Crippen molar-refractivity contribution in [3.8, 4) is 0 Å². The lowest BCUT2D eigenvalue weighted by Crippen LogP contribution is -2.51. The molecule has 3 atom stereocenters. The molecule has 0 aliphatic carbocycles. The summed E-state index contributed by atoms with van der Waals surface area (Å²) in [5, 5.41) is 3.13. The SMILES string of the molecule is C[C@@H]1OCC[C@H]1C(=O)N[C@H]1CCCN(c2nccn(C)c2=O)C1. The lowest BCUT2D eigenvalue weighted by atomic mass is 9.99. The third-order valence-electron chi connectivity index (χ3n) is 4.78. The Hall–Kier alpha value is -1.89. The first-order valence-electron chi connectivity index (χ1n) is 8.25. The molecule has 23 heavy (non-hydrogen) atoms. The minimum absolute atomic E-state index is 0.0159. The summed E-state index contributed by atoms with van der Waals surface area (Å²) < 4.78 is 7.00. The van der Waals surface area contributed by atoms with Crippen molar-refractivity contribution < 1.29 is 9.53 Å². The molecular weight excluding hydrogens is 296 g/mol. The highest BCUT2D eigenvalue weighted by atomic mass is 16.5. The van der Waals surface area contributed by atoms with Crippen LogP contribution in [0.25, 0.3) is 0 Å². The van der Waals surface area contributed by atoms with Gasteiger partial charge in [-0.05, 0) is 26.2 Å². The van der Waals surface area contributed by atoms with Gasteiger partial charge in [0.15, 0.2) is 5.82 Å². The van der Waals surface area contributed by atoms with E-state index in [1.165, 1.54) is 4.57 Å². The monoisotopic (exact) mass is 320 g/mol. The summed E-state index contributed by atoms with van der Waals surface area (Å²) in [7, 11) is 1.72. The number of anilines is 1. The number of hydrogen-bond acceptors (Lipinski definition) is 5. The zero-order chi connectivity index (χ0) is 16.4. The number of ether oxygens (including phenoxy) is 1. The lowest BCUT2D eigenvalue weighted by molar-refractivity contribution is -0.127. The van der Waals surface area contributed by atoms with E-state index in [9.17, 15) is 9.59 Å². The van der Waals surface area contributed by atoms with Crippen molar-refractivity contribution in [2.75, 3.05) is 24.6 Å². The fourth-order valence-corrected chi connectivity index (χ4v) is 3.37. The van der Waals surface area contributed by atoms with Gasteiger partial charge in [-0.2, -0.15) is 0 Å². The fraction of sp³-hybridized carbons (Fsp3) is 0.688. The molecule has 0 bridgehead atoms. The Bertz CT molecular complexity index is 630. The maximum atomic E-state index is 12.4. The van der Waals surface area contributed by atoms with Crippen LogP contribution in [0.1, 0.15) is 26.2 Å². The van der Waals surface area contributed by atoms with Crippen molar-refractivity contribution >= 4 is 11.7 Å². The van der Waals surface area contributed by atoms with Gasteiger partial charge in [0.25, 0.3) is 5.56 Å².